The number of rotatable bonds is 5. The van der Waals surface area contributed by atoms with Crippen LogP contribution < -0.4 is 0 Å². The monoisotopic (exact) mass is 272 g/mol. The Bertz CT molecular complexity index is 638. The third-order valence-electron chi connectivity index (χ3n) is 3.92. The Hall–Kier alpha value is -2.24. The van der Waals surface area contributed by atoms with Gasteiger partial charge in [0.2, 0.25) is 0 Å². The molecule has 1 aliphatic carbocycles. The van der Waals surface area contributed by atoms with E-state index in [-0.39, 0.29) is 11.8 Å². The molecule has 1 aromatic carbocycles. The number of carbonyl (C=O) groups is 1. The minimum absolute atomic E-state index is 0.237. The molecule has 3 rings (SSSR count). The Balaban J connectivity index is 1.74. The quantitative estimate of drug-likeness (QED) is 0.891. The maximum atomic E-state index is 10.8. The molecule has 0 saturated heterocycles. The lowest BCUT2D eigenvalue weighted by molar-refractivity contribution is -0.141. The summed E-state index contributed by atoms with van der Waals surface area (Å²) in [5.41, 5.74) is 2.61. The predicted octanol–water partition coefficient (Wildman–Crippen LogP) is 1.47. The summed E-state index contributed by atoms with van der Waals surface area (Å²) < 4.78 is 1.74. The van der Waals surface area contributed by atoms with Gasteiger partial charge in [-0.1, -0.05) is 31.2 Å². The second-order valence-electron chi connectivity index (χ2n) is 5.24. The van der Waals surface area contributed by atoms with E-state index in [4.69, 9.17) is 5.11 Å². The van der Waals surface area contributed by atoms with Gasteiger partial charge in [0.15, 0.2) is 5.82 Å². The van der Waals surface area contributed by atoms with Gasteiger partial charge in [0.05, 0.1) is 11.8 Å². The highest BCUT2D eigenvalue weighted by molar-refractivity contribution is 5.69. The second kappa shape index (κ2) is 5.03. The minimum Gasteiger partial charge on any atom is -0.481 e. The fourth-order valence-electron chi connectivity index (χ4n) is 2.55. The van der Waals surface area contributed by atoms with Crippen molar-refractivity contribution in [1.82, 2.24) is 20.2 Å². The van der Waals surface area contributed by atoms with Crippen molar-refractivity contribution in [1.29, 1.82) is 0 Å². The Kier molecular flexibility index (Phi) is 3.22. The molecule has 2 aromatic rings. The highest BCUT2D eigenvalue weighted by Gasteiger charge is 2.31. The zero-order valence-corrected chi connectivity index (χ0v) is 11.2. The number of aryl methyl sites for hydroxylation is 1. The zero-order chi connectivity index (χ0) is 14.1. The summed E-state index contributed by atoms with van der Waals surface area (Å²) in [6.07, 6.45) is 1.48. The largest absolute Gasteiger partial charge is 0.481 e. The lowest BCUT2D eigenvalue weighted by Gasteiger charge is -2.28. The fraction of sp³-hybridized carbons (Fsp3) is 0.429. The van der Waals surface area contributed by atoms with Crippen molar-refractivity contribution in [2.45, 2.75) is 32.2 Å². The van der Waals surface area contributed by atoms with Gasteiger partial charge in [-0.2, -0.15) is 0 Å². The molecule has 1 heterocycles. The molecule has 20 heavy (non-hydrogen) atoms. The molecule has 0 aliphatic heterocycles. The van der Waals surface area contributed by atoms with Gasteiger partial charge < -0.3 is 5.11 Å². The zero-order valence-electron chi connectivity index (χ0n) is 11.2. The van der Waals surface area contributed by atoms with Crippen LogP contribution in [0.15, 0.2) is 24.3 Å². The van der Waals surface area contributed by atoms with Gasteiger partial charge in [-0.3, -0.25) is 4.79 Å². The van der Waals surface area contributed by atoms with E-state index >= 15 is 0 Å². The third kappa shape index (κ3) is 2.17. The molecule has 0 spiro atoms. The molecule has 1 N–H and O–H groups in total. The molecule has 0 radical (unpaired) electrons. The molecule has 2 atom stereocenters. The van der Waals surface area contributed by atoms with E-state index in [1.54, 1.807) is 11.6 Å². The maximum absolute atomic E-state index is 10.8. The molecular formula is C14H16N4O2. The van der Waals surface area contributed by atoms with Gasteiger partial charge in [-0.15, -0.1) is 5.10 Å². The second-order valence-corrected chi connectivity index (χ2v) is 5.24. The van der Waals surface area contributed by atoms with Gasteiger partial charge in [-0.05, 0) is 34.4 Å². The molecule has 0 amide bonds. The van der Waals surface area contributed by atoms with E-state index in [0.717, 1.165) is 12.2 Å². The summed E-state index contributed by atoms with van der Waals surface area (Å²) in [6.45, 7) is 2.24. The van der Waals surface area contributed by atoms with Crippen LogP contribution in [0.3, 0.4) is 0 Å². The van der Waals surface area contributed by atoms with Crippen LogP contribution in [-0.2, 0) is 17.8 Å². The number of fused-ring (bicyclic) bond motifs is 1. The number of hydrogen-bond donors (Lipinski definition) is 1. The van der Waals surface area contributed by atoms with Gasteiger partial charge in [0, 0.05) is 6.54 Å². The number of tetrazole rings is 1. The number of carboxylic acids is 1. The number of carboxylic acid groups (broad SMARTS) is 1. The van der Waals surface area contributed by atoms with Crippen LogP contribution in [0.25, 0.3) is 0 Å². The molecule has 6 heteroatoms. The highest BCUT2D eigenvalue weighted by atomic mass is 16.4. The normalized spacial score (nSPS) is 18.1. The van der Waals surface area contributed by atoms with E-state index in [9.17, 15) is 4.79 Å². The standard InChI is InChI=1S/C14H16N4O2/c1-9(14(19)20)6-7-18-13(15-16-17-18)12-8-10-4-2-3-5-11(10)12/h2-5,9,12H,6-8H2,1H3,(H,19,20). The van der Waals surface area contributed by atoms with Gasteiger partial charge in [-0.25, -0.2) is 4.68 Å². The van der Waals surface area contributed by atoms with Crippen molar-refractivity contribution < 1.29 is 9.90 Å². The van der Waals surface area contributed by atoms with E-state index in [0.29, 0.717) is 13.0 Å². The Morgan fingerprint density at radius 2 is 2.30 bits per heavy atom. The molecular weight excluding hydrogens is 256 g/mol. The summed E-state index contributed by atoms with van der Waals surface area (Å²) in [5, 5.41) is 20.8. The summed E-state index contributed by atoms with van der Waals surface area (Å²) in [6, 6.07) is 8.27. The summed E-state index contributed by atoms with van der Waals surface area (Å²) in [5.74, 6) is -0.100. The smallest absolute Gasteiger partial charge is 0.306 e. The van der Waals surface area contributed by atoms with Crippen LogP contribution >= 0.6 is 0 Å². The fourth-order valence-corrected chi connectivity index (χ4v) is 2.55. The van der Waals surface area contributed by atoms with Crippen LogP contribution in [0.1, 0.15) is 36.2 Å². The van der Waals surface area contributed by atoms with Crippen molar-refractivity contribution >= 4 is 5.97 Å². The molecule has 1 aliphatic rings. The van der Waals surface area contributed by atoms with E-state index in [2.05, 4.69) is 27.7 Å². The van der Waals surface area contributed by atoms with Gasteiger partial charge >= 0.3 is 5.97 Å². The third-order valence-corrected chi connectivity index (χ3v) is 3.92. The van der Waals surface area contributed by atoms with Crippen LogP contribution in [0, 0.1) is 5.92 Å². The van der Waals surface area contributed by atoms with Crippen molar-refractivity contribution in [2.75, 3.05) is 0 Å². The SMILES string of the molecule is CC(CCn1nnnc1C1Cc2ccccc21)C(=O)O. The molecule has 6 nitrogen and oxygen atoms in total. The van der Waals surface area contributed by atoms with Crippen LogP contribution in [0.4, 0.5) is 0 Å². The van der Waals surface area contributed by atoms with Gasteiger partial charge in [0.1, 0.15) is 0 Å². The minimum atomic E-state index is -0.784. The highest BCUT2D eigenvalue weighted by Crippen LogP contribution is 2.38. The van der Waals surface area contributed by atoms with Gasteiger partial charge in [0.25, 0.3) is 0 Å². The molecule has 0 fully saturated rings. The van der Waals surface area contributed by atoms with Crippen molar-refractivity contribution in [3.63, 3.8) is 0 Å². The molecule has 1 aromatic heterocycles. The Morgan fingerprint density at radius 1 is 1.50 bits per heavy atom. The van der Waals surface area contributed by atoms with Crippen LogP contribution in [-0.4, -0.2) is 31.3 Å². The average Bonchev–Trinajstić information content (AvgIpc) is 2.85. The lowest BCUT2D eigenvalue weighted by Crippen LogP contribution is -2.23. The molecule has 0 saturated carbocycles. The Morgan fingerprint density at radius 3 is 3.05 bits per heavy atom. The van der Waals surface area contributed by atoms with Crippen molar-refractivity contribution in [2.24, 2.45) is 5.92 Å². The number of aliphatic carboxylic acids is 1. The number of hydrogen-bond acceptors (Lipinski definition) is 4. The predicted molar refractivity (Wildman–Crippen MR) is 71.2 cm³/mol. The first-order valence-corrected chi connectivity index (χ1v) is 6.73. The first-order valence-electron chi connectivity index (χ1n) is 6.73. The molecule has 104 valence electrons. The topological polar surface area (TPSA) is 80.9 Å². The van der Waals surface area contributed by atoms with Crippen molar-refractivity contribution in [3.05, 3.63) is 41.2 Å². The molecule has 0 bridgehead atoms. The number of nitrogens with zero attached hydrogens (tertiary/aromatic N) is 4. The summed E-state index contributed by atoms with van der Waals surface area (Å²) in [4.78, 5) is 10.8. The molecule has 2 unspecified atom stereocenters. The first-order chi connectivity index (χ1) is 9.66. The number of aromatic nitrogens is 4. The van der Waals surface area contributed by atoms with E-state index in [1.807, 2.05) is 12.1 Å². The van der Waals surface area contributed by atoms with Crippen LogP contribution in [0.2, 0.25) is 0 Å². The lowest BCUT2D eigenvalue weighted by atomic mass is 9.77. The van der Waals surface area contributed by atoms with Crippen LogP contribution in [0.5, 0.6) is 0 Å². The first kappa shape index (κ1) is 12.8. The van der Waals surface area contributed by atoms with E-state index in [1.165, 1.54) is 11.1 Å². The van der Waals surface area contributed by atoms with Crippen molar-refractivity contribution in [3.8, 4) is 0 Å². The number of benzene rings is 1. The Labute approximate surface area is 116 Å². The average molecular weight is 272 g/mol. The summed E-state index contributed by atoms with van der Waals surface area (Å²) in [7, 11) is 0. The van der Waals surface area contributed by atoms with E-state index < -0.39 is 5.97 Å². The maximum Gasteiger partial charge on any atom is 0.306 e. The summed E-state index contributed by atoms with van der Waals surface area (Å²) >= 11 is 0.